The minimum Gasteiger partial charge on any atom is -0.361 e. The van der Waals surface area contributed by atoms with Crippen LogP contribution in [0.2, 0.25) is 0 Å². The number of pyridine rings is 1. The number of likely N-dealkylation sites (tertiary alicyclic amines) is 1. The van der Waals surface area contributed by atoms with Crippen LogP contribution in [0.4, 0.5) is 0 Å². The molecule has 130 valence electrons. The number of H-pyrrole nitrogens is 1. The maximum absolute atomic E-state index is 12.9. The monoisotopic (exact) mass is 342 g/mol. The largest absolute Gasteiger partial charge is 0.361 e. The highest BCUT2D eigenvalue weighted by Crippen LogP contribution is 2.14. The molecule has 1 aliphatic heterocycles. The van der Waals surface area contributed by atoms with Crippen LogP contribution in [-0.2, 0) is 13.0 Å². The first-order valence-electron chi connectivity index (χ1n) is 9.19. The number of hydrogen-bond acceptors (Lipinski definition) is 2. The Morgan fingerprint density at radius 2 is 1.85 bits per heavy atom. The normalized spacial score (nSPS) is 14.3. The van der Waals surface area contributed by atoms with E-state index in [4.69, 9.17) is 0 Å². The van der Waals surface area contributed by atoms with E-state index >= 15 is 0 Å². The van der Waals surface area contributed by atoms with Gasteiger partial charge in [-0.05, 0) is 49.7 Å². The van der Waals surface area contributed by atoms with Gasteiger partial charge in [0.05, 0.1) is 0 Å². The average molecular weight is 342 g/mol. The van der Waals surface area contributed by atoms with Crippen molar-refractivity contribution in [1.29, 1.82) is 0 Å². The minimum atomic E-state index is 0.123. The Hall–Kier alpha value is -2.83. The Kier molecular flexibility index (Phi) is 4.86. The van der Waals surface area contributed by atoms with E-state index in [1.807, 2.05) is 42.6 Å². The van der Waals surface area contributed by atoms with Gasteiger partial charge in [-0.25, -0.2) is 0 Å². The van der Waals surface area contributed by atoms with Crippen LogP contribution in [0.1, 0.15) is 29.5 Å². The summed E-state index contributed by atoms with van der Waals surface area (Å²) in [5, 5.41) is 0.730. The van der Waals surface area contributed by atoms with Gasteiger partial charge < -0.3 is 4.98 Å². The van der Waals surface area contributed by atoms with Gasteiger partial charge in [-0.15, -0.1) is 0 Å². The van der Waals surface area contributed by atoms with Crippen molar-refractivity contribution in [3.8, 4) is 11.8 Å². The van der Waals surface area contributed by atoms with Gasteiger partial charge >= 0.3 is 0 Å². The Bertz CT molecular complexity index is 1020. The maximum atomic E-state index is 12.9. The zero-order valence-corrected chi connectivity index (χ0v) is 14.8. The lowest BCUT2D eigenvalue weighted by Gasteiger charge is -2.14. The Balaban J connectivity index is 1.59. The molecule has 26 heavy (non-hydrogen) atoms. The number of nitrogens with one attached hydrogen (secondary N) is 1. The minimum absolute atomic E-state index is 0.123. The standard InChI is InChI=1S/C23H22N2O/c26-23-20(17-25-13-4-5-14-25)16-24-22-12-11-19(15-21(22)23)10-6-9-18-7-2-1-3-8-18/h1-3,7-8,11-12,15-16H,4-5,9,13-14,17H2,(H,24,26). The molecule has 0 amide bonds. The molecule has 0 saturated carbocycles. The van der Waals surface area contributed by atoms with E-state index in [1.165, 1.54) is 18.4 Å². The van der Waals surface area contributed by atoms with Crippen LogP contribution >= 0.6 is 0 Å². The average Bonchev–Trinajstić information content (AvgIpc) is 3.18. The molecule has 4 rings (SSSR count). The quantitative estimate of drug-likeness (QED) is 0.737. The SMILES string of the molecule is O=c1c(CN2CCCC2)c[nH]c2ccc(C#CCc3ccccc3)cc12. The molecule has 3 aromatic rings. The number of aromatic nitrogens is 1. The fourth-order valence-electron chi connectivity index (χ4n) is 3.48. The van der Waals surface area contributed by atoms with Crippen LogP contribution in [0.25, 0.3) is 10.9 Å². The van der Waals surface area contributed by atoms with Gasteiger partial charge in [0.15, 0.2) is 5.43 Å². The van der Waals surface area contributed by atoms with Crippen molar-refractivity contribution in [3.05, 3.63) is 81.6 Å². The lowest BCUT2D eigenvalue weighted by atomic mass is 10.1. The van der Waals surface area contributed by atoms with Gasteiger partial charge in [-0.3, -0.25) is 9.69 Å². The molecular formula is C23H22N2O. The summed E-state index contributed by atoms with van der Waals surface area (Å²) in [4.78, 5) is 18.5. The summed E-state index contributed by atoms with van der Waals surface area (Å²) >= 11 is 0. The van der Waals surface area contributed by atoms with Crippen molar-refractivity contribution in [2.75, 3.05) is 13.1 Å². The molecule has 3 nitrogen and oxygen atoms in total. The molecule has 1 N–H and O–H groups in total. The van der Waals surface area contributed by atoms with Crippen molar-refractivity contribution in [1.82, 2.24) is 9.88 Å². The predicted octanol–water partition coefficient (Wildman–Crippen LogP) is 3.72. The van der Waals surface area contributed by atoms with E-state index in [2.05, 4.69) is 33.9 Å². The third-order valence-electron chi connectivity index (χ3n) is 4.92. The third kappa shape index (κ3) is 3.71. The number of rotatable bonds is 3. The maximum Gasteiger partial charge on any atom is 0.193 e. The topological polar surface area (TPSA) is 36.1 Å². The van der Waals surface area contributed by atoms with Crippen molar-refractivity contribution < 1.29 is 0 Å². The molecule has 0 radical (unpaired) electrons. The zero-order valence-electron chi connectivity index (χ0n) is 14.8. The van der Waals surface area contributed by atoms with Crippen LogP contribution in [0.15, 0.2) is 59.5 Å². The van der Waals surface area contributed by atoms with Crippen LogP contribution in [0.3, 0.4) is 0 Å². The fraction of sp³-hybridized carbons (Fsp3) is 0.261. The molecule has 2 heterocycles. The predicted molar refractivity (Wildman–Crippen MR) is 106 cm³/mol. The van der Waals surface area contributed by atoms with Crippen LogP contribution in [0.5, 0.6) is 0 Å². The highest BCUT2D eigenvalue weighted by molar-refractivity contribution is 5.80. The molecule has 1 fully saturated rings. The summed E-state index contributed by atoms with van der Waals surface area (Å²) in [6.07, 6.45) is 5.03. The van der Waals surface area contributed by atoms with Gasteiger partial charge in [-0.2, -0.15) is 0 Å². The van der Waals surface area contributed by atoms with Gasteiger partial charge in [0.25, 0.3) is 0 Å². The number of aromatic amines is 1. The third-order valence-corrected chi connectivity index (χ3v) is 4.92. The summed E-state index contributed by atoms with van der Waals surface area (Å²) in [7, 11) is 0. The molecule has 1 aliphatic rings. The van der Waals surface area contributed by atoms with Crippen molar-refractivity contribution >= 4 is 10.9 Å². The van der Waals surface area contributed by atoms with E-state index in [9.17, 15) is 4.79 Å². The van der Waals surface area contributed by atoms with Crippen molar-refractivity contribution in [2.45, 2.75) is 25.8 Å². The summed E-state index contributed by atoms with van der Waals surface area (Å²) in [6.45, 7) is 2.90. The molecule has 0 spiro atoms. The molecule has 0 bridgehead atoms. The number of nitrogens with zero attached hydrogens (tertiary/aromatic N) is 1. The number of benzene rings is 2. The molecular weight excluding hydrogens is 320 g/mol. The zero-order chi connectivity index (χ0) is 17.8. The van der Waals surface area contributed by atoms with E-state index in [0.29, 0.717) is 6.42 Å². The molecule has 0 atom stereocenters. The van der Waals surface area contributed by atoms with Gasteiger partial charge in [-0.1, -0.05) is 42.2 Å². The lowest BCUT2D eigenvalue weighted by Crippen LogP contribution is -2.23. The smallest absolute Gasteiger partial charge is 0.193 e. The van der Waals surface area contributed by atoms with Crippen LogP contribution in [-0.4, -0.2) is 23.0 Å². The summed E-state index contributed by atoms with van der Waals surface area (Å²) in [5.41, 5.74) is 3.92. The lowest BCUT2D eigenvalue weighted by molar-refractivity contribution is 0.330. The second-order valence-corrected chi connectivity index (χ2v) is 6.85. The first-order chi connectivity index (χ1) is 12.8. The van der Waals surface area contributed by atoms with E-state index in [0.717, 1.165) is 41.7 Å². The highest BCUT2D eigenvalue weighted by atomic mass is 16.1. The fourth-order valence-corrected chi connectivity index (χ4v) is 3.48. The number of hydrogen-bond donors (Lipinski definition) is 1. The molecule has 0 aliphatic carbocycles. The van der Waals surface area contributed by atoms with Gasteiger partial charge in [0, 0.05) is 41.2 Å². The van der Waals surface area contributed by atoms with Crippen LogP contribution in [0, 0.1) is 11.8 Å². The summed E-state index contributed by atoms with van der Waals surface area (Å²) in [6, 6.07) is 16.0. The van der Waals surface area contributed by atoms with E-state index in [1.54, 1.807) is 0 Å². The van der Waals surface area contributed by atoms with E-state index in [-0.39, 0.29) is 5.43 Å². The number of fused-ring (bicyclic) bond motifs is 1. The molecule has 1 aromatic heterocycles. The Labute approximate surface area is 153 Å². The molecule has 1 saturated heterocycles. The first kappa shape index (κ1) is 16.6. The van der Waals surface area contributed by atoms with Crippen molar-refractivity contribution in [3.63, 3.8) is 0 Å². The Morgan fingerprint density at radius 1 is 1.04 bits per heavy atom. The van der Waals surface area contributed by atoms with Gasteiger partial charge in [0.1, 0.15) is 0 Å². The van der Waals surface area contributed by atoms with Crippen molar-refractivity contribution in [2.24, 2.45) is 0 Å². The second kappa shape index (κ2) is 7.59. The highest BCUT2D eigenvalue weighted by Gasteiger charge is 2.14. The first-order valence-corrected chi connectivity index (χ1v) is 9.19. The summed E-state index contributed by atoms with van der Waals surface area (Å²) in [5.74, 6) is 6.40. The summed E-state index contributed by atoms with van der Waals surface area (Å²) < 4.78 is 0. The Morgan fingerprint density at radius 3 is 2.65 bits per heavy atom. The molecule has 2 aromatic carbocycles. The molecule has 0 unspecified atom stereocenters. The second-order valence-electron chi connectivity index (χ2n) is 6.85. The molecule has 3 heteroatoms. The van der Waals surface area contributed by atoms with Gasteiger partial charge in [0.2, 0.25) is 0 Å². The van der Waals surface area contributed by atoms with Crippen LogP contribution < -0.4 is 5.43 Å². The van der Waals surface area contributed by atoms with E-state index < -0.39 is 0 Å².